The molecular formula is C19H24F2N2O. The monoisotopic (exact) mass is 334 g/mol. The summed E-state index contributed by atoms with van der Waals surface area (Å²) in [5.41, 5.74) is 4.87. The van der Waals surface area contributed by atoms with Crippen molar-refractivity contribution in [1.82, 2.24) is 5.32 Å². The fourth-order valence-electron chi connectivity index (χ4n) is 2.68. The van der Waals surface area contributed by atoms with Crippen LogP contribution in [0.5, 0.6) is 5.75 Å². The van der Waals surface area contributed by atoms with E-state index in [1.165, 1.54) is 11.3 Å². The minimum absolute atomic E-state index is 0.271. The average molecular weight is 334 g/mol. The molecule has 3 nitrogen and oxygen atoms in total. The molecule has 2 aromatic rings. The highest BCUT2D eigenvalue weighted by Crippen LogP contribution is 2.26. The van der Waals surface area contributed by atoms with Gasteiger partial charge in [0.15, 0.2) is 0 Å². The van der Waals surface area contributed by atoms with Crippen molar-refractivity contribution in [2.75, 3.05) is 19.0 Å². The Bertz CT molecular complexity index is 647. The number of anilines is 1. The van der Waals surface area contributed by atoms with Gasteiger partial charge in [-0.2, -0.15) is 8.78 Å². The van der Waals surface area contributed by atoms with Gasteiger partial charge in [0, 0.05) is 32.9 Å². The quantitative estimate of drug-likeness (QED) is 0.819. The normalized spacial score (nSPS) is 11.0. The third-order valence-electron chi connectivity index (χ3n) is 3.84. The fraction of sp³-hybridized carbons (Fsp3) is 0.368. The van der Waals surface area contributed by atoms with Gasteiger partial charge >= 0.3 is 6.61 Å². The number of alkyl halides is 2. The van der Waals surface area contributed by atoms with Gasteiger partial charge in [-0.05, 0) is 48.2 Å². The van der Waals surface area contributed by atoms with Gasteiger partial charge in [-0.3, -0.25) is 0 Å². The van der Waals surface area contributed by atoms with Crippen LogP contribution in [0.2, 0.25) is 0 Å². The van der Waals surface area contributed by atoms with Crippen molar-refractivity contribution >= 4 is 5.69 Å². The highest BCUT2D eigenvalue weighted by molar-refractivity contribution is 5.46. The number of ether oxygens (including phenoxy) is 1. The first kappa shape index (κ1) is 18.2. The fourth-order valence-corrected chi connectivity index (χ4v) is 2.68. The lowest BCUT2D eigenvalue weighted by Crippen LogP contribution is -2.14. The maximum Gasteiger partial charge on any atom is 0.387 e. The highest BCUT2D eigenvalue weighted by Gasteiger charge is 2.11. The second-order valence-electron chi connectivity index (χ2n) is 6.10. The number of hydrogen-bond donors (Lipinski definition) is 1. The number of nitrogens with one attached hydrogen (secondary N) is 1. The molecular weight excluding hydrogens is 310 g/mol. The van der Waals surface area contributed by atoms with Gasteiger partial charge in [-0.25, -0.2) is 0 Å². The summed E-state index contributed by atoms with van der Waals surface area (Å²) >= 11 is 0. The van der Waals surface area contributed by atoms with Crippen LogP contribution in [-0.4, -0.2) is 20.7 Å². The van der Waals surface area contributed by atoms with Gasteiger partial charge in [0.2, 0.25) is 0 Å². The molecule has 0 amide bonds. The number of benzene rings is 2. The maximum atomic E-state index is 12.4. The first-order valence-corrected chi connectivity index (χ1v) is 7.88. The summed E-state index contributed by atoms with van der Waals surface area (Å²) in [7, 11) is 4.03. The first-order valence-electron chi connectivity index (χ1n) is 7.88. The molecule has 0 spiro atoms. The highest BCUT2D eigenvalue weighted by atomic mass is 19.3. The lowest BCUT2D eigenvalue weighted by Gasteiger charge is -2.14. The van der Waals surface area contributed by atoms with Crippen molar-refractivity contribution in [1.29, 1.82) is 0 Å². The average Bonchev–Trinajstić information content (AvgIpc) is 2.51. The van der Waals surface area contributed by atoms with E-state index >= 15 is 0 Å². The predicted octanol–water partition coefficient (Wildman–Crippen LogP) is 4.26. The van der Waals surface area contributed by atoms with Crippen LogP contribution in [-0.2, 0) is 13.1 Å². The molecule has 1 N–H and O–H groups in total. The van der Waals surface area contributed by atoms with Crippen molar-refractivity contribution < 1.29 is 13.5 Å². The zero-order valence-corrected chi connectivity index (χ0v) is 14.6. The van der Waals surface area contributed by atoms with E-state index in [9.17, 15) is 8.78 Å². The summed E-state index contributed by atoms with van der Waals surface area (Å²) in [6.07, 6.45) is 0. The molecule has 2 rings (SSSR count). The maximum absolute atomic E-state index is 12.4. The Hall–Kier alpha value is -2.14. The SMILES string of the molecule is Cc1cc(CNCc2ccc(N(C)C)cc2)cc(C)c1OC(F)F. The number of halogens is 2. The molecule has 5 heteroatoms. The largest absolute Gasteiger partial charge is 0.434 e. The Morgan fingerprint density at radius 1 is 0.958 bits per heavy atom. The molecule has 0 radical (unpaired) electrons. The van der Waals surface area contributed by atoms with E-state index in [4.69, 9.17) is 0 Å². The molecule has 0 aliphatic rings. The molecule has 24 heavy (non-hydrogen) atoms. The van der Waals surface area contributed by atoms with Crippen molar-refractivity contribution in [3.05, 3.63) is 58.7 Å². The summed E-state index contributed by atoms with van der Waals surface area (Å²) in [6, 6.07) is 12.1. The summed E-state index contributed by atoms with van der Waals surface area (Å²) in [4.78, 5) is 2.06. The number of rotatable bonds is 7. The first-order chi connectivity index (χ1) is 11.4. The molecule has 0 fully saturated rings. The zero-order chi connectivity index (χ0) is 17.7. The minimum Gasteiger partial charge on any atom is -0.434 e. The molecule has 130 valence electrons. The molecule has 0 bridgehead atoms. The Balaban J connectivity index is 1.94. The molecule has 0 aromatic heterocycles. The Morgan fingerprint density at radius 3 is 2.00 bits per heavy atom. The van der Waals surface area contributed by atoms with Crippen molar-refractivity contribution in [2.24, 2.45) is 0 Å². The van der Waals surface area contributed by atoms with Crippen molar-refractivity contribution in [2.45, 2.75) is 33.5 Å². The van der Waals surface area contributed by atoms with Gasteiger partial charge in [0.1, 0.15) is 5.75 Å². The van der Waals surface area contributed by atoms with E-state index in [1.54, 1.807) is 13.8 Å². The Labute approximate surface area is 142 Å². The summed E-state index contributed by atoms with van der Waals surface area (Å²) < 4.78 is 29.4. The molecule has 0 saturated heterocycles. The van der Waals surface area contributed by atoms with Crippen LogP contribution in [0, 0.1) is 13.8 Å². The van der Waals surface area contributed by atoms with E-state index in [0.29, 0.717) is 6.54 Å². The van der Waals surface area contributed by atoms with Crippen molar-refractivity contribution in [3.63, 3.8) is 0 Å². The van der Waals surface area contributed by atoms with Crippen molar-refractivity contribution in [3.8, 4) is 5.75 Å². The van der Waals surface area contributed by atoms with E-state index in [-0.39, 0.29) is 5.75 Å². The molecule has 0 saturated carbocycles. The van der Waals surface area contributed by atoms with E-state index in [1.807, 2.05) is 26.2 Å². The Morgan fingerprint density at radius 2 is 1.50 bits per heavy atom. The van der Waals surface area contributed by atoms with E-state index in [0.717, 1.165) is 23.2 Å². The standard InChI is InChI=1S/C19H24F2N2O/c1-13-9-16(10-14(2)18(13)24-19(20)21)12-22-11-15-5-7-17(8-6-15)23(3)4/h5-10,19,22H,11-12H2,1-4H3. The predicted molar refractivity (Wildman–Crippen MR) is 93.9 cm³/mol. The lowest BCUT2D eigenvalue weighted by molar-refractivity contribution is -0.0507. The Kier molecular flexibility index (Phi) is 6.15. The van der Waals surface area contributed by atoms with E-state index < -0.39 is 6.61 Å². The molecule has 2 aromatic carbocycles. The van der Waals surface area contributed by atoms with Crippen LogP contribution in [0.1, 0.15) is 22.3 Å². The van der Waals surface area contributed by atoms with Gasteiger partial charge < -0.3 is 15.0 Å². The molecule has 0 heterocycles. The summed E-state index contributed by atoms with van der Waals surface area (Å²) in [5, 5.41) is 3.38. The smallest absolute Gasteiger partial charge is 0.387 e. The number of aryl methyl sites for hydroxylation is 2. The van der Waals surface area contributed by atoms with Crippen LogP contribution >= 0.6 is 0 Å². The third kappa shape index (κ3) is 4.93. The summed E-state index contributed by atoms with van der Waals surface area (Å²) in [6.45, 7) is 2.20. The van der Waals surface area contributed by atoms with Crippen LogP contribution in [0.4, 0.5) is 14.5 Å². The second kappa shape index (κ2) is 8.11. The minimum atomic E-state index is -2.79. The van der Waals surface area contributed by atoms with Crippen LogP contribution in [0.15, 0.2) is 36.4 Å². The number of hydrogen-bond acceptors (Lipinski definition) is 3. The summed E-state index contributed by atoms with van der Waals surface area (Å²) in [5.74, 6) is 0.271. The van der Waals surface area contributed by atoms with Crippen LogP contribution in [0.25, 0.3) is 0 Å². The molecule has 0 aliphatic carbocycles. The topological polar surface area (TPSA) is 24.5 Å². The van der Waals surface area contributed by atoms with Gasteiger partial charge in [-0.1, -0.05) is 24.3 Å². The van der Waals surface area contributed by atoms with Gasteiger partial charge in [-0.15, -0.1) is 0 Å². The lowest BCUT2D eigenvalue weighted by atomic mass is 10.1. The molecule has 0 unspecified atom stereocenters. The molecule has 0 aliphatic heterocycles. The number of nitrogens with zero attached hydrogens (tertiary/aromatic N) is 1. The zero-order valence-electron chi connectivity index (χ0n) is 14.6. The van der Waals surface area contributed by atoms with E-state index in [2.05, 4.69) is 39.2 Å². The third-order valence-corrected chi connectivity index (χ3v) is 3.84. The van der Waals surface area contributed by atoms with Crippen LogP contribution < -0.4 is 15.0 Å². The van der Waals surface area contributed by atoms with Gasteiger partial charge in [0.25, 0.3) is 0 Å². The van der Waals surface area contributed by atoms with Crippen LogP contribution in [0.3, 0.4) is 0 Å². The molecule has 0 atom stereocenters. The van der Waals surface area contributed by atoms with Gasteiger partial charge in [0.05, 0.1) is 0 Å². The second-order valence-corrected chi connectivity index (χ2v) is 6.10.